The summed E-state index contributed by atoms with van der Waals surface area (Å²) < 4.78 is 0. The van der Waals surface area contributed by atoms with E-state index in [4.69, 9.17) is 0 Å². The highest BCUT2D eigenvalue weighted by atomic mass is 32.1. The van der Waals surface area contributed by atoms with E-state index in [9.17, 15) is 0 Å². The van der Waals surface area contributed by atoms with Crippen molar-refractivity contribution in [3.63, 3.8) is 0 Å². The van der Waals surface area contributed by atoms with E-state index in [1.165, 1.54) is 30.6 Å². The molecule has 1 aromatic heterocycles. The van der Waals surface area contributed by atoms with Gasteiger partial charge in [0.25, 0.3) is 0 Å². The summed E-state index contributed by atoms with van der Waals surface area (Å²) in [4.78, 5) is 10.0. The number of hydrogen-bond acceptors (Lipinski definition) is 3. The number of nitrogens with zero attached hydrogens (tertiary/aromatic N) is 2. The summed E-state index contributed by atoms with van der Waals surface area (Å²) >= 11 is 1.77. The molecule has 112 valence electrons. The zero-order valence-corrected chi connectivity index (χ0v) is 13.6. The van der Waals surface area contributed by atoms with Crippen molar-refractivity contribution in [1.82, 2.24) is 15.6 Å². The number of aliphatic imine (C=N–C) groups is 1. The molecule has 0 bridgehead atoms. The third-order valence-corrected chi connectivity index (χ3v) is 5.22. The van der Waals surface area contributed by atoms with Gasteiger partial charge in [0.1, 0.15) is 5.01 Å². The minimum absolute atomic E-state index is 0.439. The zero-order chi connectivity index (χ0) is 14.4. The highest BCUT2D eigenvalue weighted by Crippen LogP contribution is 2.36. The van der Waals surface area contributed by atoms with Gasteiger partial charge >= 0.3 is 0 Å². The second kappa shape index (κ2) is 7.07. The van der Waals surface area contributed by atoms with Crippen LogP contribution in [-0.4, -0.2) is 24.5 Å². The van der Waals surface area contributed by atoms with Crippen molar-refractivity contribution >= 4 is 17.3 Å². The van der Waals surface area contributed by atoms with Crippen LogP contribution < -0.4 is 10.6 Å². The summed E-state index contributed by atoms with van der Waals surface area (Å²) in [5.74, 6) is 0.881. The smallest absolute Gasteiger partial charge is 0.191 e. The average Bonchev–Trinajstić information content (AvgIpc) is 3.08. The van der Waals surface area contributed by atoms with Gasteiger partial charge in [-0.1, -0.05) is 26.7 Å². The molecular formula is C15H26N4S. The lowest BCUT2D eigenvalue weighted by atomic mass is 9.89. The van der Waals surface area contributed by atoms with Crippen molar-refractivity contribution in [3.8, 4) is 0 Å². The van der Waals surface area contributed by atoms with Gasteiger partial charge in [-0.3, -0.25) is 4.99 Å². The molecule has 1 aromatic rings. The molecule has 4 nitrogen and oxygen atoms in total. The average molecular weight is 294 g/mol. The Labute approximate surface area is 126 Å². The molecule has 1 heterocycles. The summed E-state index contributed by atoms with van der Waals surface area (Å²) in [5, 5.41) is 7.93. The molecule has 0 spiro atoms. The maximum absolute atomic E-state index is 4.42. The summed E-state index contributed by atoms with van der Waals surface area (Å²) in [6.45, 7) is 6.29. The van der Waals surface area contributed by atoms with Gasteiger partial charge in [-0.15, -0.1) is 11.3 Å². The Hall–Kier alpha value is -1.10. The lowest BCUT2D eigenvalue weighted by Crippen LogP contribution is -2.41. The first-order valence-electron chi connectivity index (χ1n) is 7.53. The fourth-order valence-corrected chi connectivity index (χ4v) is 3.48. The number of guanidine groups is 1. The van der Waals surface area contributed by atoms with Crippen LogP contribution in [0.4, 0.5) is 0 Å². The van der Waals surface area contributed by atoms with Crippen LogP contribution in [0.25, 0.3) is 0 Å². The van der Waals surface area contributed by atoms with Gasteiger partial charge in [-0.25, -0.2) is 4.98 Å². The lowest BCUT2D eigenvalue weighted by molar-refractivity contribution is 0.334. The number of rotatable bonds is 5. The van der Waals surface area contributed by atoms with Gasteiger partial charge in [0.15, 0.2) is 5.96 Å². The van der Waals surface area contributed by atoms with E-state index in [-0.39, 0.29) is 0 Å². The quantitative estimate of drug-likeness (QED) is 0.648. The topological polar surface area (TPSA) is 49.3 Å². The van der Waals surface area contributed by atoms with E-state index in [0.717, 1.165) is 30.5 Å². The lowest BCUT2D eigenvalue weighted by Gasteiger charge is -2.25. The van der Waals surface area contributed by atoms with Crippen LogP contribution in [0.5, 0.6) is 0 Å². The van der Waals surface area contributed by atoms with Crippen molar-refractivity contribution in [1.29, 1.82) is 0 Å². The molecule has 0 aliphatic heterocycles. The molecule has 2 N–H and O–H groups in total. The first-order chi connectivity index (χ1) is 9.65. The van der Waals surface area contributed by atoms with E-state index in [0.29, 0.717) is 5.41 Å². The number of aryl methyl sites for hydroxylation is 1. The predicted octanol–water partition coefficient (Wildman–Crippen LogP) is 2.95. The van der Waals surface area contributed by atoms with Gasteiger partial charge in [-0.2, -0.15) is 0 Å². The monoisotopic (exact) mass is 294 g/mol. The molecule has 1 aliphatic rings. The molecule has 0 saturated heterocycles. The molecule has 1 aliphatic carbocycles. The molecule has 0 aromatic carbocycles. The molecule has 5 heteroatoms. The minimum Gasteiger partial charge on any atom is -0.356 e. The molecule has 2 rings (SSSR count). The van der Waals surface area contributed by atoms with Crippen molar-refractivity contribution in [2.75, 3.05) is 13.6 Å². The summed E-state index contributed by atoms with van der Waals surface area (Å²) in [6, 6.07) is 0. The Morgan fingerprint density at radius 2 is 2.15 bits per heavy atom. The summed E-state index contributed by atoms with van der Waals surface area (Å²) in [7, 11) is 1.83. The Morgan fingerprint density at radius 3 is 2.75 bits per heavy atom. The van der Waals surface area contributed by atoms with Crippen molar-refractivity contribution < 1.29 is 0 Å². The Morgan fingerprint density at radius 1 is 1.40 bits per heavy atom. The maximum Gasteiger partial charge on any atom is 0.191 e. The van der Waals surface area contributed by atoms with Crippen LogP contribution in [0.2, 0.25) is 0 Å². The number of nitrogens with one attached hydrogen (secondary N) is 2. The van der Waals surface area contributed by atoms with Crippen LogP contribution in [0.3, 0.4) is 0 Å². The van der Waals surface area contributed by atoms with Crippen LogP contribution >= 0.6 is 11.3 Å². The van der Waals surface area contributed by atoms with E-state index < -0.39 is 0 Å². The van der Waals surface area contributed by atoms with Gasteiger partial charge in [0, 0.05) is 24.7 Å². The molecule has 0 atom stereocenters. The summed E-state index contributed by atoms with van der Waals surface area (Å²) in [6.07, 6.45) is 8.40. The molecule has 0 unspecified atom stereocenters. The van der Waals surface area contributed by atoms with Gasteiger partial charge in [0.05, 0.1) is 6.54 Å². The fraction of sp³-hybridized carbons (Fsp3) is 0.733. The minimum atomic E-state index is 0.439. The van der Waals surface area contributed by atoms with Crippen molar-refractivity contribution in [2.24, 2.45) is 10.4 Å². The SMILES string of the molecule is CCc1cnc(CNC(=NC)NCC2(C)CCCC2)s1. The van der Waals surface area contributed by atoms with Gasteiger partial charge in [0.2, 0.25) is 0 Å². The van der Waals surface area contributed by atoms with Crippen LogP contribution in [0.15, 0.2) is 11.2 Å². The Bertz CT molecular complexity index is 446. The highest BCUT2D eigenvalue weighted by Gasteiger charge is 2.28. The van der Waals surface area contributed by atoms with Crippen molar-refractivity contribution in [2.45, 2.75) is 52.5 Å². The molecule has 1 saturated carbocycles. The number of hydrogen-bond donors (Lipinski definition) is 2. The van der Waals surface area contributed by atoms with Crippen LogP contribution in [0, 0.1) is 5.41 Å². The third kappa shape index (κ3) is 4.20. The molecule has 0 radical (unpaired) electrons. The van der Waals surface area contributed by atoms with Crippen LogP contribution in [0.1, 0.15) is 49.4 Å². The molecule has 1 fully saturated rings. The van der Waals surface area contributed by atoms with E-state index >= 15 is 0 Å². The second-order valence-corrected chi connectivity index (χ2v) is 7.07. The predicted molar refractivity (Wildman–Crippen MR) is 86.3 cm³/mol. The normalized spacial score (nSPS) is 18.2. The molecule has 20 heavy (non-hydrogen) atoms. The Kier molecular flexibility index (Phi) is 5.40. The largest absolute Gasteiger partial charge is 0.356 e. The first-order valence-corrected chi connectivity index (χ1v) is 8.35. The number of thiazole rings is 1. The molecular weight excluding hydrogens is 268 g/mol. The first kappa shape index (κ1) is 15.3. The molecule has 0 amide bonds. The maximum atomic E-state index is 4.42. The Balaban J connectivity index is 1.77. The van der Waals surface area contributed by atoms with Gasteiger partial charge < -0.3 is 10.6 Å². The van der Waals surface area contributed by atoms with Gasteiger partial charge in [-0.05, 0) is 24.7 Å². The van der Waals surface area contributed by atoms with E-state index in [2.05, 4.69) is 34.5 Å². The van der Waals surface area contributed by atoms with Crippen LogP contribution in [-0.2, 0) is 13.0 Å². The zero-order valence-electron chi connectivity index (χ0n) is 12.8. The van der Waals surface area contributed by atoms with E-state index in [1.807, 2.05) is 13.2 Å². The third-order valence-electron chi connectivity index (χ3n) is 4.07. The summed E-state index contributed by atoms with van der Waals surface area (Å²) in [5.41, 5.74) is 0.439. The second-order valence-electron chi connectivity index (χ2n) is 5.87. The standard InChI is InChI=1S/C15H26N4S/c1-4-12-9-17-13(20-12)10-18-14(16-3)19-11-15(2)7-5-6-8-15/h9H,4-8,10-11H2,1-3H3,(H2,16,18,19). The number of aromatic nitrogens is 1. The fourth-order valence-electron chi connectivity index (χ4n) is 2.68. The van der Waals surface area contributed by atoms with E-state index in [1.54, 1.807) is 11.3 Å². The highest BCUT2D eigenvalue weighted by molar-refractivity contribution is 7.11. The van der Waals surface area contributed by atoms with Crippen molar-refractivity contribution in [3.05, 3.63) is 16.1 Å².